The molecular formula is C20H13N3O4. The summed E-state index contributed by atoms with van der Waals surface area (Å²) < 4.78 is 1.97. The van der Waals surface area contributed by atoms with Crippen LogP contribution < -0.4 is 0 Å². The fraction of sp³-hybridized carbons (Fsp3) is 0. The molecule has 0 bridgehead atoms. The lowest BCUT2D eigenvalue weighted by atomic mass is 9.97. The minimum absolute atomic E-state index is 0.0270. The van der Waals surface area contributed by atoms with Gasteiger partial charge in [0.1, 0.15) is 0 Å². The molecule has 0 amide bonds. The van der Waals surface area contributed by atoms with E-state index in [9.17, 15) is 20.2 Å². The molecule has 7 heteroatoms. The highest BCUT2D eigenvalue weighted by molar-refractivity contribution is 5.94. The molecule has 0 spiro atoms. The molecule has 0 aliphatic heterocycles. The number of hydrogen-bond donors (Lipinski definition) is 0. The van der Waals surface area contributed by atoms with Crippen LogP contribution in [-0.4, -0.2) is 14.2 Å². The van der Waals surface area contributed by atoms with E-state index in [4.69, 9.17) is 0 Å². The summed E-state index contributed by atoms with van der Waals surface area (Å²) in [6, 6.07) is 18.5. The van der Waals surface area contributed by atoms with Gasteiger partial charge in [-0.2, -0.15) is 0 Å². The standard InChI is InChI=1S/C20H13N3O4/c24-22(25)16-8-4-14(5-9-16)18-13-21-12-2-1-3-19(21)20(18)15-6-10-17(11-7-15)23(26)27/h1-13H. The van der Waals surface area contributed by atoms with Gasteiger partial charge in [-0.3, -0.25) is 20.2 Å². The summed E-state index contributed by atoms with van der Waals surface area (Å²) in [5.41, 5.74) is 4.47. The lowest BCUT2D eigenvalue weighted by Gasteiger charge is -2.06. The molecule has 0 atom stereocenters. The van der Waals surface area contributed by atoms with Crippen LogP contribution in [0.1, 0.15) is 0 Å². The van der Waals surface area contributed by atoms with Gasteiger partial charge in [-0.1, -0.05) is 6.07 Å². The van der Waals surface area contributed by atoms with Crippen molar-refractivity contribution in [3.63, 3.8) is 0 Å². The van der Waals surface area contributed by atoms with Crippen LogP contribution in [0, 0.1) is 20.2 Å². The molecule has 4 aromatic rings. The Balaban J connectivity index is 1.91. The lowest BCUT2D eigenvalue weighted by Crippen LogP contribution is -1.89. The molecule has 27 heavy (non-hydrogen) atoms. The largest absolute Gasteiger partial charge is 0.323 e. The third-order valence-electron chi connectivity index (χ3n) is 4.44. The zero-order valence-corrected chi connectivity index (χ0v) is 14.0. The number of non-ortho nitro benzene ring substituents is 2. The molecular weight excluding hydrogens is 346 g/mol. The average molecular weight is 359 g/mol. The van der Waals surface area contributed by atoms with Crippen molar-refractivity contribution in [3.05, 3.63) is 99.4 Å². The van der Waals surface area contributed by atoms with Gasteiger partial charge >= 0.3 is 0 Å². The van der Waals surface area contributed by atoms with Gasteiger partial charge in [0.05, 0.1) is 15.4 Å². The molecule has 0 saturated heterocycles. The van der Waals surface area contributed by atoms with Crippen LogP contribution in [0.3, 0.4) is 0 Å². The second-order valence-corrected chi connectivity index (χ2v) is 6.02. The number of rotatable bonds is 4. The van der Waals surface area contributed by atoms with Crippen molar-refractivity contribution in [2.24, 2.45) is 0 Å². The van der Waals surface area contributed by atoms with Crippen LogP contribution in [0.15, 0.2) is 79.1 Å². The van der Waals surface area contributed by atoms with Gasteiger partial charge in [-0.05, 0) is 47.5 Å². The lowest BCUT2D eigenvalue weighted by molar-refractivity contribution is -0.385. The quantitative estimate of drug-likeness (QED) is 0.375. The van der Waals surface area contributed by atoms with Crippen molar-refractivity contribution < 1.29 is 9.85 Å². The molecule has 0 aliphatic rings. The smallest absolute Gasteiger partial charge is 0.269 e. The van der Waals surface area contributed by atoms with Crippen LogP contribution in [0.5, 0.6) is 0 Å². The molecule has 132 valence electrons. The highest BCUT2D eigenvalue weighted by Crippen LogP contribution is 2.38. The molecule has 0 saturated carbocycles. The number of benzene rings is 2. The maximum atomic E-state index is 10.9. The fourth-order valence-corrected chi connectivity index (χ4v) is 3.16. The summed E-state index contributed by atoms with van der Waals surface area (Å²) in [6.07, 6.45) is 3.87. The second-order valence-electron chi connectivity index (χ2n) is 6.02. The van der Waals surface area contributed by atoms with Gasteiger partial charge in [-0.15, -0.1) is 0 Å². The molecule has 4 rings (SSSR count). The fourth-order valence-electron chi connectivity index (χ4n) is 3.16. The first-order valence-corrected chi connectivity index (χ1v) is 8.14. The number of pyridine rings is 1. The zero-order chi connectivity index (χ0) is 19.0. The van der Waals surface area contributed by atoms with Gasteiger partial charge in [0.2, 0.25) is 0 Å². The topological polar surface area (TPSA) is 90.7 Å². The van der Waals surface area contributed by atoms with Crippen molar-refractivity contribution >= 4 is 16.9 Å². The molecule has 2 aromatic heterocycles. The van der Waals surface area contributed by atoms with Gasteiger partial charge in [0, 0.05) is 47.8 Å². The first-order valence-electron chi connectivity index (χ1n) is 8.14. The predicted octanol–water partition coefficient (Wildman–Crippen LogP) is 5.09. The van der Waals surface area contributed by atoms with Crippen molar-refractivity contribution in [2.45, 2.75) is 0 Å². The first-order chi connectivity index (χ1) is 13.0. The number of hydrogen-bond acceptors (Lipinski definition) is 4. The van der Waals surface area contributed by atoms with E-state index in [1.165, 1.54) is 24.3 Å². The van der Waals surface area contributed by atoms with Gasteiger partial charge in [0.15, 0.2) is 0 Å². The monoisotopic (exact) mass is 359 g/mol. The summed E-state index contributed by atoms with van der Waals surface area (Å²) in [5.74, 6) is 0. The molecule has 0 fully saturated rings. The van der Waals surface area contributed by atoms with E-state index >= 15 is 0 Å². The Bertz CT molecular complexity index is 1160. The molecule has 2 heterocycles. The van der Waals surface area contributed by atoms with Crippen LogP contribution in [-0.2, 0) is 0 Å². The van der Waals surface area contributed by atoms with E-state index in [1.807, 2.05) is 35.0 Å². The second kappa shape index (κ2) is 6.38. The third-order valence-corrected chi connectivity index (χ3v) is 4.44. The summed E-state index contributed by atoms with van der Waals surface area (Å²) >= 11 is 0. The predicted molar refractivity (Wildman–Crippen MR) is 102 cm³/mol. The van der Waals surface area contributed by atoms with Gasteiger partial charge in [0.25, 0.3) is 11.4 Å². The highest BCUT2D eigenvalue weighted by atomic mass is 16.6. The van der Waals surface area contributed by atoms with Crippen LogP contribution in [0.2, 0.25) is 0 Å². The molecule has 7 nitrogen and oxygen atoms in total. The molecule has 0 N–H and O–H groups in total. The number of fused-ring (bicyclic) bond motifs is 1. The van der Waals surface area contributed by atoms with E-state index < -0.39 is 9.85 Å². The Labute approximate surface area is 153 Å². The van der Waals surface area contributed by atoms with Crippen LogP contribution >= 0.6 is 0 Å². The van der Waals surface area contributed by atoms with E-state index in [2.05, 4.69) is 0 Å². The Kier molecular flexibility index (Phi) is 3.89. The summed E-state index contributed by atoms with van der Waals surface area (Å²) in [5, 5.41) is 21.8. The van der Waals surface area contributed by atoms with E-state index in [0.717, 1.165) is 27.8 Å². The Morgan fingerprint density at radius 1 is 0.704 bits per heavy atom. The van der Waals surface area contributed by atoms with Crippen molar-refractivity contribution in [1.82, 2.24) is 4.40 Å². The Morgan fingerprint density at radius 2 is 1.26 bits per heavy atom. The van der Waals surface area contributed by atoms with Gasteiger partial charge in [-0.25, -0.2) is 0 Å². The Morgan fingerprint density at radius 3 is 1.81 bits per heavy atom. The zero-order valence-electron chi connectivity index (χ0n) is 14.0. The van der Waals surface area contributed by atoms with Crippen molar-refractivity contribution in [2.75, 3.05) is 0 Å². The third kappa shape index (κ3) is 2.91. The van der Waals surface area contributed by atoms with E-state index in [1.54, 1.807) is 24.3 Å². The van der Waals surface area contributed by atoms with Crippen molar-refractivity contribution in [3.8, 4) is 22.3 Å². The first kappa shape index (κ1) is 16.5. The minimum atomic E-state index is -0.433. The number of nitrogens with zero attached hydrogens (tertiary/aromatic N) is 3. The summed E-state index contributed by atoms with van der Waals surface area (Å²) in [4.78, 5) is 21.0. The summed E-state index contributed by atoms with van der Waals surface area (Å²) in [6.45, 7) is 0. The minimum Gasteiger partial charge on any atom is -0.323 e. The number of nitro benzene ring substituents is 2. The molecule has 2 aromatic carbocycles. The van der Waals surface area contributed by atoms with Crippen molar-refractivity contribution in [1.29, 1.82) is 0 Å². The maximum absolute atomic E-state index is 10.9. The number of aromatic nitrogens is 1. The highest BCUT2D eigenvalue weighted by Gasteiger charge is 2.16. The summed E-state index contributed by atoms with van der Waals surface area (Å²) in [7, 11) is 0. The van der Waals surface area contributed by atoms with Crippen LogP contribution in [0.25, 0.3) is 27.8 Å². The SMILES string of the molecule is O=[N+]([O-])c1ccc(-c2cn3ccccc3c2-c2ccc([N+](=O)[O-])cc2)cc1. The molecule has 0 unspecified atom stereocenters. The van der Waals surface area contributed by atoms with Gasteiger partial charge < -0.3 is 4.40 Å². The molecule has 0 radical (unpaired) electrons. The Hall–Kier alpha value is -4.00. The maximum Gasteiger partial charge on any atom is 0.269 e. The van der Waals surface area contributed by atoms with Crippen LogP contribution in [0.4, 0.5) is 11.4 Å². The molecule has 0 aliphatic carbocycles. The normalized spacial score (nSPS) is 10.8. The van der Waals surface area contributed by atoms with E-state index in [0.29, 0.717) is 0 Å². The average Bonchev–Trinajstić information content (AvgIpc) is 3.07. The number of nitro groups is 2. The van der Waals surface area contributed by atoms with E-state index in [-0.39, 0.29) is 11.4 Å².